The van der Waals surface area contributed by atoms with Gasteiger partial charge in [0.1, 0.15) is 17.1 Å². The first-order valence-electron chi connectivity index (χ1n) is 25.3. The lowest BCUT2D eigenvalue weighted by atomic mass is 9.79. The second-order valence-corrected chi connectivity index (χ2v) is 24.1. The van der Waals surface area contributed by atoms with Gasteiger partial charge in [0.15, 0.2) is 0 Å². The highest BCUT2D eigenvalue weighted by atomic mass is 32.2. The van der Waals surface area contributed by atoms with Gasteiger partial charge in [-0.3, -0.25) is 29.3 Å². The van der Waals surface area contributed by atoms with Gasteiger partial charge >= 0.3 is 17.9 Å². The van der Waals surface area contributed by atoms with Crippen molar-refractivity contribution >= 4 is 121 Å². The van der Waals surface area contributed by atoms with Crippen LogP contribution in [0.3, 0.4) is 0 Å². The van der Waals surface area contributed by atoms with Crippen molar-refractivity contribution in [2.45, 2.75) is 96.7 Å². The molecule has 0 saturated carbocycles. The zero-order chi connectivity index (χ0) is 57.8. The van der Waals surface area contributed by atoms with Gasteiger partial charge in [-0.2, -0.15) is 0 Å². The fraction of sp³-hybridized carbons (Fsp3) is 0.460. The molecule has 3 aromatic rings. The van der Waals surface area contributed by atoms with E-state index in [4.69, 9.17) is 37.5 Å². The molecule has 0 bridgehead atoms. The Kier molecular flexibility index (Phi) is 22.9. The van der Waals surface area contributed by atoms with Gasteiger partial charge in [-0.25, -0.2) is 14.4 Å². The summed E-state index contributed by atoms with van der Waals surface area (Å²) >= 11 is 4.55. The fourth-order valence-electron chi connectivity index (χ4n) is 10.5. The van der Waals surface area contributed by atoms with E-state index in [0.717, 1.165) is 56.8 Å². The molecule has 6 aliphatic rings. The Morgan fingerprint density at radius 1 is 0.575 bits per heavy atom. The standard InChI is InChI=1S/2C17H19BN3O4PS.C16H17BN3O4PS/c2*1-9-13-12(10(2)22)16(23)21(13)14(17(24)25-26-20-18)15(9)27-8-6-11-5-3-4-7-19-11;1-9(21)13-11-8-12(26-7-5-10-4-2-3-6-18-10)14(20(11)15(13)22)16(23)24-25-19-17/h2*3-5,7,9-10,12-13,22H,6,8H2,1-2H3;2-4,6,9,11,13,21H,5,7-8H2,1H3/t2*9-,10+,12+,13?;9-,11?,13-/m001/s1. The molecule has 414 valence electrons. The molecule has 3 unspecified atom stereocenters. The van der Waals surface area contributed by atoms with E-state index in [2.05, 4.69) is 28.9 Å². The van der Waals surface area contributed by atoms with Gasteiger partial charge in [0.2, 0.25) is 43.5 Å². The number of thioether (sulfide) groups is 3. The molecule has 0 aliphatic carbocycles. The molecule has 3 fully saturated rings. The Labute approximate surface area is 484 Å². The molecule has 3 amide bonds. The molecule has 9 heterocycles. The van der Waals surface area contributed by atoms with Crippen LogP contribution in [0.5, 0.6) is 0 Å². The van der Waals surface area contributed by atoms with Gasteiger partial charge in [-0.15, -0.1) is 35.3 Å². The second kappa shape index (κ2) is 29.2. The molecule has 9 rings (SSSR count). The van der Waals surface area contributed by atoms with E-state index in [0.29, 0.717) is 17.9 Å². The summed E-state index contributed by atoms with van der Waals surface area (Å²) in [6.07, 6.45) is 5.68. The van der Waals surface area contributed by atoms with Gasteiger partial charge in [-0.1, -0.05) is 32.0 Å². The fourth-order valence-corrected chi connectivity index (χ4v) is 14.8. The molecule has 6 aliphatic heterocycles. The van der Waals surface area contributed by atoms with Crippen LogP contribution in [0.15, 0.2) is 119 Å². The number of aryl methyl sites for hydroxylation is 3. The van der Waals surface area contributed by atoms with Crippen LogP contribution in [0.25, 0.3) is 0 Å². The molecule has 0 aromatic carbocycles. The van der Waals surface area contributed by atoms with Crippen molar-refractivity contribution in [1.29, 1.82) is 0 Å². The first kappa shape index (κ1) is 62.5. The van der Waals surface area contributed by atoms with Gasteiger partial charge in [0.25, 0.3) is 23.9 Å². The molecule has 80 heavy (non-hydrogen) atoms. The number of hydrogen-bond acceptors (Lipinski definition) is 21. The van der Waals surface area contributed by atoms with Crippen molar-refractivity contribution < 1.29 is 57.7 Å². The van der Waals surface area contributed by atoms with Crippen LogP contribution in [0.2, 0.25) is 0 Å². The van der Waals surface area contributed by atoms with E-state index in [9.17, 15) is 44.1 Å². The quantitative estimate of drug-likeness (QED) is 0.0622. The third-order valence-electron chi connectivity index (χ3n) is 14.0. The molecule has 6 radical (unpaired) electrons. The number of pyridine rings is 3. The molecular formula is C50H55B3N9O12P3S3. The summed E-state index contributed by atoms with van der Waals surface area (Å²) in [5.41, 5.74) is 3.63. The van der Waals surface area contributed by atoms with Crippen LogP contribution in [0.1, 0.15) is 58.1 Å². The van der Waals surface area contributed by atoms with Crippen LogP contribution in [0, 0.1) is 29.6 Å². The number of aliphatic hydroxyl groups excluding tert-OH is 3. The van der Waals surface area contributed by atoms with E-state index in [1.54, 1.807) is 39.4 Å². The van der Waals surface area contributed by atoms with Crippen molar-refractivity contribution in [3.63, 3.8) is 0 Å². The van der Waals surface area contributed by atoms with Crippen molar-refractivity contribution in [1.82, 2.24) is 29.7 Å². The predicted molar refractivity (Wildman–Crippen MR) is 306 cm³/mol. The first-order valence-corrected chi connectivity index (χ1v) is 30.5. The zero-order valence-electron chi connectivity index (χ0n) is 44.1. The molecular weight excluding hydrogens is 1140 g/mol. The van der Waals surface area contributed by atoms with Gasteiger partial charge in [0, 0.05) is 85.9 Å². The Bertz CT molecular complexity index is 2830. The number of amides is 3. The number of nitrogens with zero attached hydrogens (tertiary/aromatic N) is 9. The van der Waals surface area contributed by atoms with E-state index in [1.165, 1.54) is 50.0 Å². The first-order chi connectivity index (χ1) is 38.5. The number of carbonyl (C=O) groups excluding carboxylic acids is 6. The highest BCUT2D eigenvalue weighted by Crippen LogP contribution is 2.53. The maximum absolute atomic E-state index is 12.5. The topological polar surface area (TPSA) is 276 Å². The molecule has 3 N–H and O–H groups in total. The lowest BCUT2D eigenvalue weighted by molar-refractivity contribution is -0.162. The SMILES string of the molecule is [B]N=POC(=O)C1=C(SCCc2ccccn2)CC2[C@@H]([C@@H](C)O)C(=O)N12.[B]N=POC(=O)C1=C(SCCc2ccccn2)[C@@H](C)C2[C@@H]([C@@H](C)O)C(=O)N12.[B]N=POC(=O)C1=C(SCCc2ccccn2)[C@@H](C)C2[C@@H]([C@@H](C)O)C(=O)N12. The zero-order valence-corrected chi connectivity index (χ0v) is 49.2. The smallest absolute Gasteiger partial charge is 0.365 e. The Hall–Kier alpha value is -5.09. The number of carbonyl (C=O) groups is 6. The molecule has 11 atom stereocenters. The summed E-state index contributed by atoms with van der Waals surface area (Å²) in [7, 11) is 15.0. The third kappa shape index (κ3) is 13.9. The molecule has 0 spiro atoms. The number of fused-ring (bicyclic) bond motifs is 3. The molecule has 3 saturated heterocycles. The second-order valence-electron chi connectivity index (χ2n) is 18.9. The third-order valence-corrected chi connectivity index (χ3v) is 18.8. The Morgan fingerprint density at radius 2 is 0.925 bits per heavy atom. The van der Waals surface area contributed by atoms with E-state index >= 15 is 0 Å². The Morgan fingerprint density at radius 3 is 1.26 bits per heavy atom. The number of aromatic nitrogens is 3. The summed E-state index contributed by atoms with van der Waals surface area (Å²) in [5, 5.41) is 29.7. The van der Waals surface area contributed by atoms with Crippen LogP contribution >= 0.6 is 61.1 Å². The summed E-state index contributed by atoms with van der Waals surface area (Å²) in [4.78, 5) is 94.4. The van der Waals surface area contributed by atoms with E-state index in [1.807, 2.05) is 68.4 Å². The molecule has 30 heteroatoms. The average molecular weight is 1200 g/mol. The minimum atomic E-state index is -0.770. The van der Waals surface area contributed by atoms with E-state index < -0.39 is 54.0 Å². The monoisotopic (exact) mass is 1200 g/mol. The highest BCUT2D eigenvalue weighted by Gasteiger charge is 2.62. The number of aliphatic hydroxyl groups is 3. The van der Waals surface area contributed by atoms with Gasteiger partial charge in [0.05, 0.1) is 54.2 Å². The predicted octanol–water partition coefficient (Wildman–Crippen LogP) is 6.05. The largest absolute Gasteiger partial charge is 0.393 e. The number of β-lactam (4-membered cyclic amide) rings is 3. The van der Waals surface area contributed by atoms with Crippen molar-refractivity contribution in [3.8, 4) is 0 Å². The minimum absolute atomic E-state index is 0.0174. The van der Waals surface area contributed by atoms with Crippen molar-refractivity contribution in [2.75, 3.05) is 17.3 Å². The lowest BCUT2D eigenvalue weighted by Crippen LogP contribution is -2.63. The van der Waals surface area contributed by atoms with Gasteiger partial charge < -0.3 is 57.6 Å². The Balaban J connectivity index is 0.000000173. The number of hydrogen-bond donors (Lipinski definition) is 3. The normalized spacial score (nSPS) is 24.8. The summed E-state index contributed by atoms with van der Waals surface area (Å²) in [6.45, 7) is 8.73. The maximum Gasteiger partial charge on any atom is 0.365 e. The summed E-state index contributed by atoms with van der Waals surface area (Å²) in [5.74, 6) is -2.13. The van der Waals surface area contributed by atoms with Crippen LogP contribution < -0.4 is 0 Å². The summed E-state index contributed by atoms with van der Waals surface area (Å²) in [6, 6.07) is 16.6. The van der Waals surface area contributed by atoms with Crippen LogP contribution in [0.4, 0.5) is 0 Å². The van der Waals surface area contributed by atoms with Gasteiger partial charge in [-0.05, 0) is 76.4 Å². The van der Waals surface area contributed by atoms with Crippen molar-refractivity contribution in [2.24, 2.45) is 43.6 Å². The highest BCUT2D eigenvalue weighted by molar-refractivity contribution is 8.03. The van der Waals surface area contributed by atoms with Crippen LogP contribution in [-0.4, -0.2) is 158 Å². The van der Waals surface area contributed by atoms with Crippen LogP contribution in [-0.2, 0) is 61.6 Å². The van der Waals surface area contributed by atoms with Crippen molar-refractivity contribution in [3.05, 3.63) is 122 Å². The lowest BCUT2D eigenvalue weighted by Gasteiger charge is -2.46. The molecule has 21 nitrogen and oxygen atoms in total. The average Bonchev–Trinajstić information content (AvgIpc) is 4.23. The maximum atomic E-state index is 12.5. The number of rotatable bonds is 21. The molecule has 3 aromatic heterocycles. The summed E-state index contributed by atoms with van der Waals surface area (Å²) < 4.78 is 24.8. The minimum Gasteiger partial charge on any atom is -0.393 e. The van der Waals surface area contributed by atoms with E-state index in [-0.39, 0.29) is 90.6 Å².